The molecule has 136 valence electrons. The molecule has 2 aliphatic heterocycles. The van der Waals surface area contributed by atoms with Gasteiger partial charge in [0, 0.05) is 26.1 Å². The lowest BCUT2D eigenvalue weighted by Crippen LogP contribution is -2.66. The summed E-state index contributed by atoms with van der Waals surface area (Å²) in [7, 11) is 0. The monoisotopic (exact) mass is 345 g/mol. The molecule has 2 atom stereocenters. The molecular weight excluding hydrogens is 318 g/mol. The maximum absolute atomic E-state index is 12.4. The molecule has 2 aliphatic rings. The van der Waals surface area contributed by atoms with Crippen LogP contribution < -0.4 is 0 Å². The van der Waals surface area contributed by atoms with Crippen molar-refractivity contribution in [2.24, 2.45) is 5.92 Å². The number of carbonyl (C=O) groups excluding carboxylic acids is 2. The van der Waals surface area contributed by atoms with Gasteiger partial charge in [-0.05, 0) is 23.6 Å². The summed E-state index contributed by atoms with van der Waals surface area (Å²) in [6, 6.07) is 7.17. The molecule has 25 heavy (non-hydrogen) atoms. The van der Waals surface area contributed by atoms with Crippen LogP contribution in [0.25, 0.3) is 0 Å². The van der Waals surface area contributed by atoms with Gasteiger partial charge < -0.3 is 14.9 Å². The molecule has 0 aliphatic carbocycles. The van der Waals surface area contributed by atoms with Gasteiger partial charge in [-0.1, -0.05) is 32.4 Å². The normalized spacial score (nSPS) is 22.9. The molecule has 2 fully saturated rings. The van der Waals surface area contributed by atoms with Crippen molar-refractivity contribution in [3.63, 3.8) is 0 Å². The summed E-state index contributed by atoms with van der Waals surface area (Å²) in [5.74, 6) is 0.836. The summed E-state index contributed by atoms with van der Waals surface area (Å²) in [6.45, 7) is 7.21. The van der Waals surface area contributed by atoms with Crippen LogP contribution in [0.2, 0.25) is 0 Å². The van der Waals surface area contributed by atoms with E-state index in [0.29, 0.717) is 32.0 Å². The van der Waals surface area contributed by atoms with E-state index in [1.54, 1.807) is 17.0 Å². The van der Waals surface area contributed by atoms with Crippen LogP contribution >= 0.6 is 0 Å². The summed E-state index contributed by atoms with van der Waals surface area (Å²) < 4.78 is 0. The summed E-state index contributed by atoms with van der Waals surface area (Å²) in [5.41, 5.74) is 1.09. The van der Waals surface area contributed by atoms with Crippen molar-refractivity contribution < 1.29 is 14.7 Å². The van der Waals surface area contributed by atoms with E-state index in [9.17, 15) is 14.7 Å². The maximum Gasteiger partial charge on any atom is 0.242 e. The van der Waals surface area contributed by atoms with Gasteiger partial charge in [0.1, 0.15) is 18.5 Å². The Hall–Kier alpha value is -2.08. The van der Waals surface area contributed by atoms with Crippen LogP contribution in [0.15, 0.2) is 24.3 Å². The predicted molar refractivity (Wildman–Crippen MR) is 94.7 cm³/mol. The number of phenolic OH excluding ortho intramolecular Hbond substituents is 1. The lowest BCUT2D eigenvalue weighted by Gasteiger charge is -2.49. The summed E-state index contributed by atoms with van der Waals surface area (Å²) in [6.07, 6.45) is 1.43. The van der Waals surface area contributed by atoms with E-state index in [2.05, 4.69) is 18.7 Å². The van der Waals surface area contributed by atoms with Crippen molar-refractivity contribution in [3.05, 3.63) is 29.8 Å². The van der Waals surface area contributed by atoms with Crippen LogP contribution in [0.4, 0.5) is 0 Å². The first-order valence-corrected chi connectivity index (χ1v) is 9.07. The zero-order valence-corrected chi connectivity index (χ0v) is 15.0. The molecule has 6 nitrogen and oxygen atoms in total. The molecular formula is C19H27N3O3. The molecule has 0 bridgehead atoms. The molecule has 3 rings (SSSR count). The second-order valence-electron chi connectivity index (χ2n) is 7.20. The Morgan fingerprint density at radius 2 is 1.92 bits per heavy atom. The number of benzene rings is 1. The minimum Gasteiger partial charge on any atom is -0.508 e. The number of fused-ring (bicyclic) bond motifs is 1. The zero-order valence-electron chi connectivity index (χ0n) is 15.0. The molecule has 0 saturated carbocycles. The number of amides is 2. The van der Waals surface area contributed by atoms with Gasteiger partial charge >= 0.3 is 0 Å². The van der Waals surface area contributed by atoms with E-state index in [0.717, 1.165) is 18.5 Å². The molecule has 0 aromatic heterocycles. The van der Waals surface area contributed by atoms with E-state index < -0.39 is 0 Å². The van der Waals surface area contributed by atoms with Crippen LogP contribution in [-0.2, 0) is 16.1 Å². The third-order valence-corrected chi connectivity index (χ3v) is 5.31. The van der Waals surface area contributed by atoms with E-state index in [1.165, 1.54) is 0 Å². The molecule has 6 heteroatoms. The topological polar surface area (TPSA) is 64.1 Å². The maximum atomic E-state index is 12.4. The Kier molecular flexibility index (Phi) is 5.27. The largest absolute Gasteiger partial charge is 0.508 e. The molecule has 1 aromatic carbocycles. The van der Waals surface area contributed by atoms with Gasteiger partial charge in [0.25, 0.3) is 0 Å². The molecule has 2 amide bonds. The van der Waals surface area contributed by atoms with Crippen molar-refractivity contribution >= 4 is 11.8 Å². The molecule has 2 unspecified atom stereocenters. The highest BCUT2D eigenvalue weighted by Crippen LogP contribution is 2.24. The smallest absolute Gasteiger partial charge is 0.242 e. The number of aromatic hydroxyl groups is 1. The van der Waals surface area contributed by atoms with Crippen molar-refractivity contribution in [1.82, 2.24) is 14.7 Å². The van der Waals surface area contributed by atoms with Crippen LogP contribution in [0, 0.1) is 5.92 Å². The molecule has 0 spiro atoms. The van der Waals surface area contributed by atoms with E-state index in [-0.39, 0.29) is 30.3 Å². The van der Waals surface area contributed by atoms with Gasteiger partial charge in [0.2, 0.25) is 11.8 Å². The fourth-order valence-electron chi connectivity index (χ4n) is 3.55. The molecule has 1 N–H and O–H groups in total. The number of phenols is 1. The third-order valence-electron chi connectivity index (χ3n) is 5.31. The van der Waals surface area contributed by atoms with Crippen LogP contribution in [0.5, 0.6) is 5.75 Å². The number of nitrogens with zero attached hydrogens (tertiary/aromatic N) is 3. The molecule has 1 aromatic rings. The summed E-state index contributed by atoms with van der Waals surface area (Å²) >= 11 is 0. The van der Waals surface area contributed by atoms with E-state index in [1.807, 2.05) is 17.0 Å². The highest BCUT2D eigenvalue weighted by atomic mass is 16.3. The Balaban J connectivity index is 1.74. The van der Waals surface area contributed by atoms with E-state index >= 15 is 0 Å². The quantitative estimate of drug-likeness (QED) is 0.881. The second kappa shape index (κ2) is 7.44. The predicted octanol–water partition coefficient (Wildman–Crippen LogP) is 1.64. The molecule has 2 saturated heterocycles. The highest BCUT2D eigenvalue weighted by molar-refractivity contribution is 5.87. The van der Waals surface area contributed by atoms with Gasteiger partial charge in [0.15, 0.2) is 0 Å². The first-order valence-electron chi connectivity index (χ1n) is 9.07. The van der Waals surface area contributed by atoms with Crippen LogP contribution in [0.1, 0.15) is 32.3 Å². The minimum atomic E-state index is -0.0585. The Labute approximate surface area is 149 Å². The second-order valence-corrected chi connectivity index (χ2v) is 7.20. The fraction of sp³-hybridized carbons (Fsp3) is 0.579. The van der Waals surface area contributed by atoms with Crippen molar-refractivity contribution in [3.8, 4) is 5.75 Å². The van der Waals surface area contributed by atoms with Gasteiger partial charge in [-0.25, -0.2) is 0 Å². The lowest BCUT2D eigenvalue weighted by atomic mass is 10.1. The van der Waals surface area contributed by atoms with E-state index in [4.69, 9.17) is 0 Å². The van der Waals surface area contributed by atoms with Crippen LogP contribution in [0.3, 0.4) is 0 Å². The number of hydrogen-bond donors (Lipinski definition) is 1. The van der Waals surface area contributed by atoms with Gasteiger partial charge in [-0.15, -0.1) is 0 Å². The third kappa shape index (κ3) is 3.95. The number of carbonyl (C=O) groups is 2. The van der Waals surface area contributed by atoms with Crippen molar-refractivity contribution in [1.29, 1.82) is 0 Å². The number of rotatable bonds is 5. The fourth-order valence-corrected chi connectivity index (χ4v) is 3.55. The Bertz CT molecular complexity index is 631. The lowest BCUT2D eigenvalue weighted by molar-refractivity contribution is -0.162. The van der Waals surface area contributed by atoms with Crippen molar-refractivity contribution in [2.75, 3.05) is 26.2 Å². The first kappa shape index (κ1) is 17.7. The van der Waals surface area contributed by atoms with Gasteiger partial charge in [-0.3, -0.25) is 14.5 Å². The number of piperazine rings is 1. The number of hydrogen-bond acceptors (Lipinski definition) is 4. The standard InChI is InChI=1S/C19H27N3O3/c1-3-14(2)10-21-12-17-20(11-15-4-6-16(23)7-5-15)9-8-18(24)22(17)13-19(21)25/h4-7,14,17,23H,3,8-13H2,1-2H3. The Morgan fingerprint density at radius 3 is 2.60 bits per heavy atom. The average molecular weight is 345 g/mol. The molecule has 0 radical (unpaired) electrons. The summed E-state index contributed by atoms with van der Waals surface area (Å²) in [5, 5.41) is 9.45. The van der Waals surface area contributed by atoms with Crippen molar-refractivity contribution in [2.45, 2.75) is 39.4 Å². The minimum absolute atomic E-state index is 0.0522. The SMILES string of the molecule is CCC(C)CN1CC2N(Cc3ccc(O)cc3)CCC(=O)N2CC1=O. The summed E-state index contributed by atoms with van der Waals surface area (Å²) in [4.78, 5) is 30.6. The first-order chi connectivity index (χ1) is 12.0. The highest BCUT2D eigenvalue weighted by Gasteiger charge is 2.41. The van der Waals surface area contributed by atoms with Crippen LogP contribution in [-0.4, -0.2) is 64.0 Å². The zero-order chi connectivity index (χ0) is 18.0. The van der Waals surface area contributed by atoms with Gasteiger partial charge in [-0.2, -0.15) is 0 Å². The molecule has 2 heterocycles. The average Bonchev–Trinajstić information content (AvgIpc) is 2.60. The van der Waals surface area contributed by atoms with Gasteiger partial charge in [0.05, 0.1) is 6.54 Å². The Morgan fingerprint density at radius 1 is 1.20 bits per heavy atom.